The fourth-order valence-corrected chi connectivity index (χ4v) is 14.8. The highest BCUT2D eigenvalue weighted by atomic mass is 16.3. The number of pyridine rings is 3. The Labute approximate surface area is 527 Å². The molecule has 6 heteroatoms. The number of furan rings is 3. The molecule has 0 fully saturated rings. The van der Waals surface area contributed by atoms with Crippen LogP contribution in [0.5, 0.6) is 0 Å². The number of hydrogen-bond donors (Lipinski definition) is 0. The molecule has 0 aliphatic heterocycles. The van der Waals surface area contributed by atoms with E-state index in [0.717, 1.165) is 33.5 Å². The molecule has 0 bridgehead atoms. The van der Waals surface area contributed by atoms with E-state index < -0.39 is 0 Å². The quantitative estimate of drug-likeness (QED) is 0.166. The van der Waals surface area contributed by atoms with Gasteiger partial charge in [-0.25, -0.2) is 0 Å². The van der Waals surface area contributed by atoms with Gasteiger partial charge in [0.1, 0.15) is 54.6 Å². The first kappa shape index (κ1) is 55.4. The predicted molar refractivity (Wildman–Crippen MR) is 379 cm³/mol. The van der Waals surface area contributed by atoms with E-state index in [9.17, 15) is 0 Å². The van der Waals surface area contributed by atoms with Gasteiger partial charge in [0.05, 0.1) is 27.5 Å². The Hall–Kier alpha value is -11.0. The molecule has 0 saturated carbocycles. The van der Waals surface area contributed by atoms with Crippen molar-refractivity contribution in [1.82, 2.24) is 0 Å². The maximum atomic E-state index is 6.42. The fourth-order valence-electron chi connectivity index (χ4n) is 14.8. The van der Waals surface area contributed by atoms with E-state index in [1.54, 1.807) is 0 Å². The highest BCUT2D eigenvalue weighted by Crippen LogP contribution is 2.41. The van der Waals surface area contributed by atoms with Gasteiger partial charge in [-0.05, 0) is 188 Å². The van der Waals surface area contributed by atoms with Crippen LogP contribution < -0.4 is 13.7 Å². The van der Waals surface area contributed by atoms with Crippen LogP contribution in [-0.2, 0) is 21.1 Å². The molecule has 0 aliphatic carbocycles. The average molecular weight is 1180 g/mol. The van der Waals surface area contributed by atoms with Gasteiger partial charge in [-0.1, -0.05) is 109 Å². The molecule has 91 heavy (non-hydrogen) atoms. The molecule has 6 heterocycles. The molecule has 18 aromatic rings. The van der Waals surface area contributed by atoms with Crippen molar-refractivity contribution < 1.29 is 27.0 Å². The highest BCUT2D eigenvalue weighted by molar-refractivity contribution is 6.14. The standard InChI is InChI=1S/2C29H24NO.C27H20NO/c2*1-17-8-7-11-25-28(17)18(2)14-26(30(25)4)22-12-13-23-24-15-20-9-5-6-10-21(20)16-27(24)31-29(23)19(22)3;1-17-21(25-14-11-18-7-5-6-10-24(18)28(25)2)12-13-22-23-15-19-8-3-4-9-20(19)16-26(23)29-27(17)22/h2*5-16H,1-4H3;3-16H,1-2H3/q3*+1. The lowest BCUT2D eigenvalue weighted by atomic mass is 9.97. The molecule has 0 N–H and O–H groups in total. The van der Waals surface area contributed by atoms with Crippen molar-refractivity contribution in [2.45, 2.75) is 48.5 Å². The smallest absolute Gasteiger partial charge is 0.213 e. The van der Waals surface area contributed by atoms with Gasteiger partial charge in [0.15, 0.2) is 0 Å². The van der Waals surface area contributed by atoms with Gasteiger partial charge in [0.2, 0.25) is 33.6 Å². The molecule has 0 amide bonds. The van der Waals surface area contributed by atoms with Gasteiger partial charge < -0.3 is 13.3 Å². The van der Waals surface area contributed by atoms with Crippen LogP contribution in [0.3, 0.4) is 0 Å². The van der Waals surface area contributed by atoms with Crippen molar-refractivity contribution in [3.8, 4) is 33.8 Å². The lowest BCUT2D eigenvalue weighted by Gasteiger charge is -2.10. The van der Waals surface area contributed by atoms with Crippen molar-refractivity contribution in [3.63, 3.8) is 0 Å². The third-order valence-electron chi connectivity index (χ3n) is 19.6. The first-order chi connectivity index (χ1) is 44.3. The molecular weight excluding hydrogens is 1110 g/mol. The Morgan fingerprint density at radius 3 is 0.945 bits per heavy atom. The van der Waals surface area contributed by atoms with E-state index in [0.29, 0.717) is 0 Å². The topological polar surface area (TPSA) is 51.1 Å². The average Bonchev–Trinajstić information content (AvgIpc) is 1.87. The summed E-state index contributed by atoms with van der Waals surface area (Å²) < 4.78 is 26.1. The summed E-state index contributed by atoms with van der Waals surface area (Å²) in [4.78, 5) is 0. The molecule has 0 radical (unpaired) electrons. The molecule has 0 atom stereocenters. The van der Waals surface area contributed by atoms with Crippen molar-refractivity contribution >= 4 is 131 Å². The van der Waals surface area contributed by atoms with Gasteiger partial charge >= 0.3 is 0 Å². The van der Waals surface area contributed by atoms with E-state index in [1.165, 1.54) is 170 Å². The number of para-hydroxylation sites is 1. The van der Waals surface area contributed by atoms with E-state index >= 15 is 0 Å². The van der Waals surface area contributed by atoms with Crippen LogP contribution in [0.2, 0.25) is 0 Å². The number of fused-ring (bicyclic) bond motifs is 15. The van der Waals surface area contributed by atoms with Crippen LogP contribution in [0, 0.1) is 48.5 Å². The minimum Gasteiger partial charge on any atom is -0.456 e. The molecule has 0 unspecified atom stereocenters. The summed E-state index contributed by atoms with van der Waals surface area (Å²) in [6, 6.07) is 82.5. The molecule has 0 saturated heterocycles. The lowest BCUT2D eigenvalue weighted by Crippen LogP contribution is -2.32. The highest BCUT2D eigenvalue weighted by Gasteiger charge is 2.25. The zero-order valence-corrected chi connectivity index (χ0v) is 53.0. The Morgan fingerprint density at radius 2 is 0.560 bits per heavy atom. The minimum absolute atomic E-state index is 0.946. The first-order valence-corrected chi connectivity index (χ1v) is 31.5. The van der Waals surface area contributed by atoms with Crippen LogP contribution >= 0.6 is 0 Å². The first-order valence-electron chi connectivity index (χ1n) is 31.5. The van der Waals surface area contributed by atoms with Crippen molar-refractivity contribution in [2.75, 3.05) is 0 Å². The van der Waals surface area contributed by atoms with Gasteiger partial charge in [-0.15, -0.1) is 0 Å². The summed E-state index contributed by atoms with van der Waals surface area (Å²) in [7, 11) is 6.45. The summed E-state index contributed by atoms with van der Waals surface area (Å²) in [5.41, 5.74) is 25.5. The second kappa shape index (κ2) is 21.4. The van der Waals surface area contributed by atoms with Gasteiger partial charge in [-0.2, -0.15) is 13.7 Å². The Balaban J connectivity index is 0.000000109. The van der Waals surface area contributed by atoms with Crippen LogP contribution in [0.1, 0.15) is 38.9 Å². The third-order valence-corrected chi connectivity index (χ3v) is 19.6. The van der Waals surface area contributed by atoms with E-state index in [-0.39, 0.29) is 0 Å². The summed E-state index contributed by atoms with van der Waals surface area (Å²) >= 11 is 0. The number of nitrogens with zero attached hydrogens (tertiary/aromatic N) is 3. The van der Waals surface area contributed by atoms with E-state index in [2.05, 4.69) is 314 Å². The van der Waals surface area contributed by atoms with Crippen LogP contribution in [0.25, 0.3) is 165 Å². The Kier molecular flexibility index (Phi) is 13.0. The maximum absolute atomic E-state index is 6.42. The second-order valence-corrected chi connectivity index (χ2v) is 25.1. The molecule has 0 spiro atoms. The third kappa shape index (κ3) is 8.95. The van der Waals surface area contributed by atoms with Gasteiger partial charge in [0.25, 0.3) is 0 Å². The number of rotatable bonds is 3. The van der Waals surface area contributed by atoms with Crippen molar-refractivity contribution in [1.29, 1.82) is 0 Å². The van der Waals surface area contributed by atoms with Gasteiger partial charge in [0, 0.05) is 90.8 Å². The number of hydrogen-bond acceptors (Lipinski definition) is 3. The molecular formula is C85H68N3O3+3. The number of aryl methyl sites for hydroxylation is 10. The molecule has 0 aliphatic rings. The van der Waals surface area contributed by atoms with Gasteiger partial charge in [-0.3, -0.25) is 0 Å². The lowest BCUT2D eigenvalue weighted by molar-refractivity contribution is -0.633. The monoisotopic (exact) mass is 1180 g/mol. The molecule has 12 aromatic carbocycles. The minimum atomic E-state index is 0.946. The summed E-state index contributed by atoms with van der Waals surface area (Å²) in [6.07, 6.45) is 0. The molecule has 6 aromatic heterocycles. The normalized spacial score (nSPS) is 11.8. The summed E-state index contributed by atoms with van der Waals surface area (Å²) in [6.45, 7) is 15.3. The van der Waals surface area contributed by atoms with Crippen LogP contribution in [0.15, 0.2) is 244 Å². The van der Waals surface area contributed by atoms with E-state index in [4.69, 9.17) is 13.3 Å². The molecule has 6 nitrogen and oxygen atoms in total. The largest absolute Gasteiger partial charge is 0.456 e. The zero-order valence-electron chi connectivity index (χ0n) is 53.0. The predicted octanol–water partition coefficient (Wildman–Crippen LogP) is 21.3. The summed E-state index contributed by atoms with van der Waals surface area (Å²) in [5, 5.41) is 18.3. The molecule has 438 valence electrons. The van der Waals surface area contributed by atoms with E-state index in [1.807, 2.05) is 0 Å². The molecule has 18 rings (SSSR count). The SMILES string of the molecule is Cc1c(-c2cc(C)c3c(C)cccc3[n+]2C)ccc2c1oc1cc3ccccc3cc12.Cc1c(-c2cc(C)c3c(C)cccc3[n+]2C)ccc2c1oc1cc3ccccc3cc12.Cc1c(-c2ccc3ccccc3[n+]2C)ccc2c1oc1cc3ccccc3cc12. The fraction of sp³-hybridized carbons (Fsp3) is 0.118. The maximum Gasteiger partial charge on any atom is 0.213 e. The van der Waals surface area contributed by atoms with Crippen LogP contribution in [-0.4, -0.2) is 0 Å². The van der Waals surface area contributed by atoms with Crippen molar-refractivity contribution in [2.24, 2.45) is 21.1 Å². The number of benzene rings is 12. The summed E-state index contributed by atoms with van der Waals surface area (Å²) in [5.74, 6) is 0. The number of aromatic nitrogens is 3. The zero-order chi connectivity index (χ0) is 62.1. The Bertz CT molecular complexity index is 5840. The second-order valence-electron chi connectivity index (χ2n) is 25.1. The van der Waals surface area contributed by atoms with Crippen LogP contribution in [0.4, 0.5) is 0 Å². The Morgan fingerprint density at radius 1 is 0.242 bits per heavy atom. The van der Waals surface area contributed by atoms with Crippen molar-refractivity contribution in [3.05, 3.63) is 269 Å².